The lowest BCUT2D eigenvalue weighted by atomic mass is 9.75. The maximum Gasteiger partial charge on any atom is 0.311 e. The standard InChI is InChI=1S/C14H17ClO3/c15-10-5-3-4-9(8-10)13(14(17)18)11-6-1-2-7-12(11)16/h3-5,8,11-13,16H,1-2,6-7H2,(H,17,18)/t11-,12+,13+/m0/s1. The van der Waals surface area contributed by atoms with Crippen molar-refractivity contribution in [3.8, 4) is 0 Å². The van der Waals surface area contributed by atoms with Crippen molar-refractivity contribution in [3.05, 3.63) is 34.9 Å². The summed E-state index contributed by atoms with van der Waals surface area (Å²) >= 11 is 5.91. The molecule has 0 unspecified atom stereocenters. The normalized spacial score (nSPS) is 25.7. The minimum Gasteiger partial charge on any atom is -0.481 e. The molecule has 1 aliphatic carbocycles. The smallest absolute Gasteiger partial charge is 0.311 e. The van der Waals surface area contributed by atoms with Crippen LogP contribution in [0.1, 0.15) is 37.2 Å². The van der Waals surface area contributed by atoms with Gasteiger partial charge in [-0.1, -0.05) is 36.6 Å². The van der Waals surface area contributed by atoms with Gasteiger partial charge in [0.2, 0.25) is 0 Å². The first-order chi connectivity index (χ1) is 8.59. The summed E-state index contributed by atoms with van der Waals surface area (Å²) in [5.41, 5.74) is 0.681. The second-order valence-corrected chi connectivity index (χ2v) is 5.32. The van der Waals surface area contributed by atoms with Gasteiger partial charge in [0.15, 0.2) is 0 Å². The van der Waals surface area contributed by atoms with E-state index < -0.39 is 18.0 Å². The molecule has 98 valence electrons. The van der Waals surface area contributed by atoms with E-state index in [4.69, 9.17) is 11.6 Å². The van der Waals surface area contributed by atoms with E-state index in [2.05, 4.69) is 0 Å². The van der Waals surface area contributed by atoms with Crippen molar-refractivity contribution in [3.63, 3.8) is 0 Å². The molecule has 2 N–H and O–H groups in total. The molecule has 18 heavy (non-hydrogen) atoms. The van der Waals surface area contributed by atoms with Gasteiger partial charge in [0.1, 0.15) is 0 Å². The Labute approximate surface area is 111 Å². The minimum atomic E-state index is -0.886. The molecule has 0 amide bonds. The number of halogens is 1. The monoisotopic (exact) mass is 268 g/mol. The topological polar surface area (TPSA) is 57.5 Å². The van der Waals surface area contributed by atoms with E-state index >= 15 is 0 Å². The van der Waals surface area contributed by atoms with Crippen molar-refractivity contribution in [2.24, 2.45) is 5.92 Å². The third-order valence-corrected chi connectivity index (χ3v) is 3.92. The van der Waals surface area contributed by atoms with Gasteiger partial charge in [-0.2, -0.15) is 0 Å². The maximum absolute atomic E-state index is 11.5. The van der Waals surface area contributed by atoms with Crippen LogP contribution in [0.15, 0.2) is 24.3 Å². The van der Waals surface area contributed by atoms with E-state index in [0.717, 1.165) is 19.3 Å². The fraction of sp³-hybridized carbons (Fsp3) is 0.500. The van der Waals surface area contributed by atoms with Crippen LogP contribution in [-0.2, 0) is 4.79 Å². The summed E-state index contributed by atoms with van der Waals surface area (Å²) in [6.07, 6.45) is 2.87. The van der Waals surface area contributed by atoms with Crippen molar-refractivity contribution in [2.45, 2.75) is 37.7 Å². The Bertz CT molecular complexity index is 433. The summed E-state index contributed by atoms with van der Waals surface area (Å²) in [5, 5.41) is 20.0. The molecule has 0 aliphatic heterocycles. The number of carboxylic acids is 1. The van der Waals surface area contributed by atoms with E-state index in [1.54, 1.807) is 24.3 Å². The molecule has 0 saturated heterocycles. The highest BCUT2D eigenvalue weighted by Gasteiger charge is 2.36. The van der Waals surface area contributed by atoms with Gasteiger partial charge >= 0.3 is 5.97 Å². The number of hydrogen-bond acceptors (Lipinski definition) is 2. The number of hydrogen-bond donors (Lipinski definition) is 2. The van der Waals surface area contributed by atoms with Crippen LogP contribution >= 0.6 is 11.6 Å². The van der Waals surface area contributed by atoms with Crippen molar-refractivity contribution < 1.29 is 15.0 Å². The lowest BCUT2D eigenvalue weighted by Gasteiger charge is -2.32. The van der Waals surface area contributed by atoms with Crippen LogP contribution in [0.2, 0.25) is 5.02 Å². The molecule has 0 radical (unpaired) electrons. The molecular formula is C14H17ClO3. The summed E-state index contributed by atoms with van der Waals surface area (Å²) in [6, 6.07) is 6.93. The van der Waals surface area contributed by atoms with Gasteiger partial charge in [-0.3, -0.25) is 4.79 Å². The predicted molar refractivity (Wildman–Crippen MR) is 69.8 cm³/mol. The highest BCUT2D eigenvalue weighted by molar-refractivity contribution is 6.30. The number of benzene rings is 1. The van der Waals surface area contributed by atoms with Gasteiger partial charge in [0.05, 0.1) is 12.0 Å². The highest BCUT2D eigenvalue weighted by Crippen LogP contribution is 2.37. The minimum absolute atomic E-state index is 0.213. The number of carbonyl (C=O) groups is 1. The third kappa shape index (κ3) is 2.85. The first kappa shape index (κ1) is 13.4. The summed E-state index contributed by atoms with van der Waals surface area (Å²) in [4.78, 5) is 11.5. The quantitative estimate of drug-likeness (QED) is 0.886. The highest BCUT2D eigenvalue weighted by atomic mass is 35.5. The fourth-order valence-electron chi connectivity index (χ4n) is 2.80. The second kappa shape index (κ2) is 5.72. The zero-order valence-electron chi connectivity index (χ0n) is 10.1. The molecule has 1 aliphatic rings. The molecule has 0 spiro atoms. The Morgan fingerprint density at radius 1 is 1.33 bits per heavy atom. The Balaban J connectivity index is 2.30. The molecule has 1 fully saturated rings. The van der Waals surface area contributed by atoms with Crippen LogP contribution < -0.4 is 0 Å². The van der Waals surface area contributed by atoms with Crippen LogP contribution in [0.4, 0.5) is 0 Å². The van der Waals surface area contributed by atoms with Crippen LogP contribution in [0.3, 0.4) is 0 Å². The predicted octanol–water partition coefficient (Wildman–Crippen LogP) is 3.06. The molecule has 3 atom stereocenters. The first-order valence-corrected chi connectivity index (χ1v) is 6.63. The Morgan fingerprint density at radius 2 is 2.06 bits per heavy atom. The number of aliphatic hydroxyl groups excluding tert-OH is 1. The van der Waals surface area contributed by atoms with Crippen LogP contribution in [0.25, 0.3) is 0 Å². The molecule has 3 nitrogen and oxygen atoms in total. The van der Waals surface area contributed by atoms with E-state index in [0.29, 0.717) is 17.0 Å². The number of aliphatic hydroxyl groups is 1. The third-order valence-electron chi connectivity index (χ3n) is 3.68. The van der Waals surface area contributed by atoms with E-state index in [-0.39, 0.29) is 5.92 Å². The van der Waals surface area contributed by atoms with Crippen molar-refractivity contribution in [1.82, 2.24) is 0 Å². The van der Waals surface area contributed by atoms with Gasteiger partial charge in [-0.25, -0.2) is 0 Å². The Morgan fingerprint density at radius 3 is 2.67 bits per heavy atom. The lowest BCUT2D eigenvalue weighted by Crippen LogP contribution is -2.33. The molecule has 0 aromatic heterocycles. The van der Waals surface area contributed by atoms with Gasteiger partial charge in [-0.05, 0) is 30.5 Å². The van der Waals surface area contributed by atoms with Gasteiger partial charge in [0, 0.05) is 10.9 Å². The van der Waals surface area contributed by atoms with Crippen LogP contribution in [0, 0.1) is 5.92 Å². The number of rotatable bonds is 3. The fourth-order valence-corrected chi connectivity index (χ4v) is 3.00. The maximum atomic E-state index is 11.5. The zero-order chi connectivity index (χ0) is 13.1. The van der Waals surface area contributed by atoms with Crippen molar-refractivity contribution in [1.29, 1.82) is 0 Å². The van der Waals surface area contributed by atoms with E-state index in [1.165, 1.54) is 0 Å². The zero-order valence-corrected chi connectivity index (χ0v) is 10.8. The summed E-state index contributed by atoms with van der Waals surface area (Å²) < 4.78 is 0. The lowest BCUT2D eigenvalue weighted by molar-refractivity contribution is -0.142. The Kier molecular flexibility index (Phi) is 4.25. The summed E-state index contributed by atoms with van der Waals surface area (Å²) in [7, 11) is 0. The summed E-state index contributed by atoms with van der Waals surface area (Å²) in [5.74, 6) is -1.77. The van der Waals surface area contributed by atoms with E-state index in [9.17, 15) is 15.0 Å². The largest absolute Gasteiger partial charge is 0.481 e. The number of aliphatic carboxylic acids is 1. The van der Waals surface area contributed by atoms with E-state index in [1.807, 2.05) is 0 Å². The number of carboxylic acid groups (broad SMARTS) is 1. The van der Waals surface area contributed by atoms with Crippen molar-refractivity contribution in [2.75, 3.05) is 0 Å². The molecule has 1 aromatic carbocycles. The molecule has 4 heteroatoms. The molecule has 0 heterocycles. The van der Waals surface area contributed by atoms with Gasteiger partial charge < -0.3 is 10.2 Å². The van der Waals surface area contributed by atoms with Crippen LogP contribution in [0.5, 0.6) is 0 Å². The Hall–Kier alpha value is -1.06. The molecule has 0 bridgehead atoms. The molecule has 1 saturated carbocycles. The molecular weight excluding hydrogens is 252 g/mol. The van der Waals surface area contributed by atoms with Crippen molar-refractivity contribution >= 4 is 17.6 Å². The molecule has 2 rings (SSSR count). The molecule has 1 aromatic rings. The first-order valence-electron chi connectivity index (χ1n) is 6.26. The SMILES string of the molecule is O=C(O)[C@H](c1cccc(Cl)c1)[C@H]1CCCC[C@H]1O. The average molecular weight is 269 g/mol. The van der Waals surface area contributed by atoms with Crippen LogP contribution in [-0.4, -0.2) is 22.3 Å². The second-order valence-electron chi connectivity index (χ2n) is 4.89. The van der Waals surface area contributed by atoms with Gasteiger partial charge in [-0.15, -0.1) is 0 Å². The summed E-state index contributed by atoms with van der Waals surface area (Å²) in [6.45, 7) is 0. The average Bonchev–Trinajstić information content (AvgIpc) is 2.32. The van der Waals surface area contributed by atoms with Gasteiger partial charge in [0.25, 0.3) is 0 Å².